The Hall–Kier alpha value is -1.20. The first kappa shape index (κ1) is 17.2. The van der Waals surface area contributed by atoms with Crippen LogP contribution in [0, 0.1) is 20.8 Å². The summed E-state index contributed by atoms with van der Waals surface area (Å²) in [4.78, 5) is 4.71. The average Bonchev–Trinajstić information content (AvgIpc) is 3.26. The van der Waals surface area contributed by atoms with Crippen molar-refractivity contribution in [2.75, 3.05) is 29.9 Å². The Morgan fingerprint density at radius 2 is 1.91 bits per heavy atom. The van der Waals surface area contributed by atoms with Gasteiger partial charge >= 0.3 is 0 Å². The van der Waals surface area contributed by atoms with E-state index in [-0.39, 0.29) is 0 Å². The van der Waals surface area contributed by atoms with Crippen LogP contribution in [0.2, 0.25) is 0 Å². The molecule has 0 saturated heterocycles. The van der Waals surface area contributed by atoms with E-state index in [0.717, 1.165) is 30.6 Å². The number of anilines is 1. The van der Waals surface area contributed by atoms with Crippen LogP contribution in [0.25, 0.3) is 0 Å². The minimum absolute atomic E-state index is 0.592. The molecule has 0 amide bonds. The lowest BCUT2D eigenvalue weighted by Crippen LogP contribution is -2.33. The summed E-state index contributed by atoms with van der Waals surface area (Å²) >= 11 is 1.86. The Labute approximate surface area is 138 Å². The van der Waals surface area contributed by atoms with E-state index < -0.39 is 0 Å². The number of nitrogens with zero attached hydrogens (tertiary/aromatic N) is 1. The quantitative estimate of drug-likeness (QED) is 0.411. The lowest BCUT2D eigenvalue weighted by atomic mass is 10.1. The highest BCUT2D eigenvalue weighted by atomic mass is 32.2. The smallest absolute Gasteiger partial charge is 0.196 e. The Morgan fingerprint density at radius 1 is 1.23 bits per heavy atom. The molecule has 0 aliphatic heterocycles. The molecule has 122 valence electrons. The second-order valence-electron chi connectivity index (χ2n) is 5.95. The summed E-state index contributed by atoms with van der Waals surface area (Å²) in [6.45, 7) is 7.98. The Kier molecular flexibility index (Phi) is 6.58. The van der Waals surface area contributed by atoms with E-state index >= 15 is 0 Å². The van der Waals surface area contributed by atoms with Crippen molar-refractivity contribution in [3.63, 3.8) is 0 Å². The first-order valence-corrected chi connectivity index (χ1v) is 9.19. The van der Waals surface area contributed by atoms with Crippen LogP contribution in [0.4, 0.5) is 5.69 Å². The van der Waals surface area contributed by atoms with Crippen LogP contribution in [0.15, 0.2) is 17.1 Å². The molecule has 0 unspecified atom stereocenters. The van der Waals surface area contributed by atoms with Gasteiger partial charge in [0.1, 0.15) is 0 Å². The molecule has 22 heavy (non-hydrogen) atoms. The molecule has 1 aromatic carbocycles. The van der Waals surface area contributed by atoms with Crippen LogP contribution in [0.3, 0.4) is 0 Å². The number of hydrogen-bond donors (Lipinski definition) is 3. The third-order valence-corrected chi connectivity index (χ3v) is 4.60. The molecule has 1 saturated carbocycles. The van der Waals surface area contributed by atoms with Crippen LogP contribution in [-0.2, 0) is 0 Å². The molecule has 0 heterocycles. The number of hydrogen-bond acceptors (Lipinski definition) is 3. The van der Waals surface area contributed by atoms with E-state index in [9.17, 15) is 0 Å². The first-order chi connectivity index (χ1) is 10.6. The third kappa shape index (κ3) is 5.54. The van der Waals surface area contributed by atoms with E-state index in [2.05, 4.69) is 43.5 Å². The number of aliphatic imine (C=N–C) groups is 1. The molecule has 0 atom stereocenters. The number of nitrogens with two attached hydrogens (primary N) is 1. The topological polar surface area (TPSA) is 62.4 Å². The minimum Gasteiger partial charge on any atom is -0.353 e. The van der Waals surface area contributed by atoms with Gasteiger partial charge in [0.25, 0.3) is 0 Å². The molecule has 5 heteroatoms. The molecule has 0 spiro atoms. The van der Waals surface area contributed by atoms with Gasteiger partial charge in [0, 0.05) is 29.8 Å². The van der Waals surface area contributed by atoms with Gasteiger partial charge in [0.05, 0.1) is 6.54 Å². The van der Waals surface area contributed by atoms with E-state index in [1.165, 1.54) is 35.2 Å². The summed E-state index contributed by atoms with van der Waals surface area (Å²) < 4.78 is 0. The molecule has 0 radical (unpaired) electrons. The lowest BCUT2D eigenvalue weighted by Gasteiger charge is -2.17. The van der Waals surface area contributed by atoms with Crippen molar-refractivity contribution in [3.8, 4) is 0 Å². The highest BCUT2D eigenvalue weighted by Gasteiger charge is 2.22. The van der Waals surface area contributed by atoms with Gasteiger partial charge in [0.2, 0.25) is 0 Å². The van der Waals surface area contributed by atoms with Crippen molar-refractivity contribution in [2.45, 2.75) is 39.7 Å². The molecule has 1 aliphatic carbocycles. The number of aryl methyl sites for hydroxylation is 3. The third-order valence-electron chi connectivity index (χ3n) is 3.61. The summed E-state index contributed by atoms with van der Waals surface area (Å²) in [6.07, 6.45) is 2.49. The molecule has 4 N–H and O–H groups in total. The molecule has 1 fully saturated rings. The maximum absolute atomic E-state index is 5.51. The van der Waals surface area contributed by atoms with Gasteiger partial charge in [-0.15, -0.1) is 0 Å². The van der Waals surface area contributed by atoms with Crippen molar-refractivity contribution >= 4 is 23.4 Å². The molecule has 1 aliphatic rings. The van der Waals surface area contributed by atoms with Gasteiger partial charge in [-0.1, -0.05) is 17.7 Å². The van der Waals surface area contributed by atoms with Gasteiger partial charge in [-0.3, -0.25) is 4.99 Å². The van der Waals surface area contributed by atoms with Crippen molar-refractivity contribution in [1.82, 2.24) is 5.32 Å². The Bertz CT molecular complexity index is 500. The van der Waals surface area contributed by atoms with Crippen LogP contribution in [0.5, 0.6) is 0 Å². The predicted octanol–water partition coefficient (Wildman–Crippen LogP) is 2.82. The summed E-state index contributed by atoms with van der Waals surface area (Å²) in [7, 11) is 0. The minimum atomic E-state index is 0.592. The van der Waals surface area contributed by atoms with Crippen LogP contribution in [-0.4, -0.2) is 36.6 Å². The number of thioether (sulfide) groups is 1. The van der Waals surface area contributed by atoms with E-state index in [1.807, 2.05) is 11.8 Å². The summed E-state index contributed by atoms with van der Waals surface area (Å²) in [5.41, 5.74) is 10.5. The van der Waals surface area contributed by atoms with Gasteiger partial charge in [-0.05, 0) is 44.7 Å². The summed E-state index contributed by atoms with van der Waals surface area (Å²) in [5, 5.41) is 7.01. The average molecular weight is 321 g/mol. The van der Waals surface area contributed by atoms with Gasteiger partial charge in [0.15, 0.2) is 5.96 Å². The van der Waals surface area contributed by atoms with Crippen LogP contribution >= 0.6 is 11.8 Å². The molecule has 0 bridgehead atoms. The maximum Gasteiger partial charge on any atom is 0.196 e. The van der Waals surface area contributed by atoms with Crippen molar-refractivity contribution in [1.29, 1.82) is 0 Å². The maximum atomic E-state index is 5.51. The van der Waals surface area contributed by atoms with Crippen LogP contribution < -0.4 is 16.4 Å². The standard InChI is InChI=1S/C17H28N4S/c1-12-10-13(2)16(14(3)11-12)21-17(20-15-4-5-15)19-7-9-22-8-6-18/h10-11,15H,4-9,18H2,1-3H3,(H2,19,20,21). The number of guanidine groups is 1. The van der Waals surface area contributed by atoms with Crippen molar-refractivity contribution in [2.24, 2.45) is 10.7 Å². The fourth-order valence-electron chi connectivity index (χ4n) is 2.45. The van der Waals surface area contributed by atoms with Crippen LogP contribution in [0.1, 0.15) is 29.5 Å². The molecule has 4 nitrogen and oxygen atoms in total. The van der Waals surface area contributed by atoms with E-state index in [0.29, 0.717) is 6.04 Å². The molecular formula is C17H28N4S. The number of nitrogens with one attached hydrogen (secondary N) is 2. The fraction of sp³-hybridized carbons (Fsp3) is 0.588. The lowest BCUT2D eigenvalue weighted by molar-refractivity contribution is 0.892. The molecule has 1 aromatic rings. The monoisotopic (exact) mass is 320 g/mol. The Morgan fingerprint density at radius 3 is 2.50 bits per heavy atom. The van der Waals surface area contributed by atoms with Crippen molar-refractivity contribution < 1.29 is 0 Å². The zero-order valence-corrected chi connectivity index (χ0v) is 14.7. The SMILES string of the molecule is Cc1cc(C)c(NC(=NCCSCCN)NC2CC2)c(C)c1. The second-order valence-corrected chi connectivity index (χ2v) is 7.17. The number of rotatable bonds is 7. The highest BCUT2D eigenvalue weighted by molar-refractivity contribution is 7.99. The van der Waals surface area contributed by atoms with E-state index in [4.69, 9.17) is 10.7 Å². The zero-order chi connectivity index (χ0) is 15.9. The van der Waals surface area contributed by atoms with Gasteiger partial charge < -0.3 is 16.4 Å². The van der Waals surface area contributed by atoms with Gasteiger partial charge in [-0.2, -0.15) is 11.8 Å². The predicted molar refractivity (Wildman–Crippen MR) is 99.1 cm³/mol. The largest absolute Gasteiger partial charge is 0.353 e. The summed E-state index contributed by atoms with van der Waals surface area (Å²) in [5.74, 6) is 2.93. The second kappa shape index (κ2) is 8.44. The number of benzene rings is 1. The summed E-state index contributed by atoms with van der Waals surface area (Å²) in [6, 6.07) is 5.01. The van der Waals surface area contributed by atoms with Crippen molar-refractivity contribution in [3.05, 3.63) is 28.8 Å². The Balaban J connectivity index is 2.01. The molecular weight excluding hydrogens is 292 g/mol. The van der Waals surface area contributed by atoms with Gasteiger partial charge in [-0.25, -0.2) is 0 Å². The molecule has 0 aromatic heterocycles. The van der Waals surface area contributed by atoms with E-state index in [1.54, 1.807) is 0 Å². The fourth-order valence-corrected chi connectivity index (χ4v) is 3.04. The molecule has 2 rings (SSSR count). The zero-order valence-electron chi connectivity index (χ0n) is 13.9. The normalized spacial score (nSPS) is 15.0. The highest BCUT2D eigenvalue weighted by Crippen LogP contribution is 2.23. The first-order valence-electron chi connectivity index (χ1n) is 8.04.